The van der Waals surface area contributed by atoms with Gasteiger partial charge in [-0.3, -0.25) is 4.79 Å². The van der Waals surface area contributed by atoms with Gasteiger partial charge in [0.05, 0.1) is 0 Å². The zero-order chi connectivity index (χ0) is 15.7. The lowest BCUT2D eigenvalue weighted by Crippen LogP contribution is -2.26. The lowest BCUT2D eigenvalue weighted by molar-refractivity contribution is 0.0945. The van der Waals surface area contributed by atoms with Gasteiger partial charge < -0.3 is 10.6 Å². The minimum atomic E-state index is -0.138. The maximum atomic E-state index is 12.1. The van der Waals surface area contributed by atoms with Gasteiger partial charge in [-0.25, -0.2) is 9.97 Å². The number of aromatic nitrogens is 2. The first kappa shape index (κ1) is 15.0. The van der Waals surface area contributed by atoms with Gasteiger partial charge in [-0.2, -0.15) is 0 Å². The van der Waals surface area contributed by atoms with Crippen molar-refractivity contribution in [2.24, 2.45) is 0 Å². The van der Waals surface area contributed by atoms with Crippen molar-refractivity contribution in [2.45, 2.75) is 32.7 Å². The highest BCUT2D eigenvalue weighted by Gasteiger charge is 2.24. The molecule has 22 heavy (non-hydrogen) atoms. The van der Waals surface area contributed by atoms with Crippen LogP contribution < -0.4 is 10.6 Å². The maximum absolute atomic E-state index is 12.1. The zero-order valence-corrected chi connectivity index (χ0v) is 14.1. The quantitative estimate of drug-likeness (QED) is 0.875. The Hall–Kier alpha value is -1.95. The number of carbonyl (C=O) groups is 1. The van der Waals surface area contributed by atoms with Gasteiger partial charge in [-0.1, -0.05) is 22.0 Å². The molecule has 1 aliphatic carbocycles. The summed E-state index contributed by atoms with van der Waals surface area (Å²) in [5.41, 5.74) is 2.46. The minimum absolute atomic E-state index is 0.138. The predicted octanol–water partition coefficient (Wildman–Crippen LogP) is 3.49. The summed E-state index contributed by atoms with van der Waals surface area (Å²) in [7, 11) is 0. The number of carbonyl (C=O) groups excluding carboxylic acids is 1. The standard InChI is InChI=1S/C16H17BrN4O/c1-9-3-4-12(7-13(9)17)20-15-8-14(18-10(2)19-15)16(22)21-11-5-6-11/h3-4,7-8,11H,5-6H2,1-2H3,(H,21,22)(H,18,19,20). The average molecular weight is 361 g/mol. The maximum Gasteiger partial charge on any atom is 0.270 e. The van der Waals surface area contributed by atoms with Crippen molar-refractivity contribution in [3.05, 3.63) is 45.8 Å². The first-order valence-electron chi connectivity index (χ1n) is 7.21. The number of rotatable bonds is 4. The molecule has 1 aromatic heterocycles. The van der Waals surface area contributed by atoms with E-state index in [1.54, 1.807) is 13.0 Å². The highest BCUT2D eigenvalue weighted by atomic mass is 79.9. The average Bonchev–Trinajstić information content (AvgIpc) is 3.26. The molecule has 5 nitrogen and oxygen atoms in total. The van der Waals surface area contributed by atoms with E-state index in [-0.39, 0.29) is 5.91 Å². The summed E-state index contributed by atoms with van der Waals surface area (Å²) in [6, 6.07) is 7.96. The van der Waals surface area contributed by atoms with E-state index in [1.165, 1.54) is 0 Å². The van der Waals surface area contributed by atoms with E-state index in [4.69, 9.17) is 0 Å². The van der Waals surface area contributed by atoms with Crippen LogP contribution >= 0.6 is 15.9 Å². The van der Waals surface area contributed by atoms with Crippen LogP contribution in [0.3, 0.4) is 0 Å². The van der Waals surface area contributed by atoms with Crippen LogP contribution in [0.2, 0.25) is 0 Å². The molecule has 0 unspecified atom stereocenters. The second kappa shape index (κ2) is 6.04. The Bertz CT molecular complexity index is 728. The molecule has 1 aliphatic rings. The number of halogens is 1. The third-order valence-corrected chi connectivity index (χ3v) is 4.28. The summed E-state index contributed by atoms with van der Waals surface area (Å²) >= 11 is 3.51. The van der Waals surface area contributed by atoms with Crippen molar-refractivity contribution in [3.63, 3.8) is 0 Å². The van der Waals surface area contributed by atoms with Gasteiger partial charge >= 0.3 is 0 Å². The Morgan fingerprint density at radius 3 is 2.68 bits per heavy atom. The summed E-state index contributed by atoms with van der Waals surface area (Å²) < 4.78 is 1.02. The van der Waals surface area contributed by atoms with Crippen LogP contribution in [-0.4, -0.2) is 21.9 Å². The summed E-state index contributed by atoms with van der Waals surface area (Å²) in [5.74, 6) is 1.04. The number of nitrogens with one attached hydrogen (secondary N) is 2. The predicted molar refractivity (Wildman–Crippen MR) is 89.4 cm³/mol. The molecule has 0 aliphatic heterocycles. The van der Waals surface area contributed by atoms with Gasteiger partial charge in [-0.05, 0) is 44.4 Å². The number of hydrogen-bond donors (Lipinski definition) is 2. The molecule has 1 fully saturated rings. The third-order valence-electron chi connectivity index (χ3n) is 3.43. The van der Waals surface area contributed by atoms with E-state index in [0.29, 0.717) is 23.4 Å². The number of hydrogen-bond acceptors (Lipinski definition) is 4. The van der Waals surface area contributed by atoms with E-state index in [9.17, 15) is 4.79 Å². The van der Waals surface area contributed by atoms with Crippen molar-refractivity contribution in [1.29, 1.82) is 0 Å². The van der Waals surface area contributed by atoms with E-state index < -0.39 is 0 Å². The van der Waals surface area contributed by atoms with Crippen molar-refractivity contribution < 1.29 is 4.79 Å². The second-order valence-corrected chi connectivity index (χ2v) is 6.38. The Morgan fingerprint density at radius 2 is 2.00 bits per heavy atom. The van der Waals surface area contributed by atoms with Crippen molar-refractivity contribution in [1.82, 2.24) is 15.3 Å². The summed E-state index contributed by atoms with van der Waals surface area (Å²) in [6.45, 7) is 3.81. The Morgan fingerprint density at radius 1 is 1.23 bits per heavy atom. The molecule has 114 valence electrons. The number of aryl methyl sites for hydroxylation is 2. The number of anilines is 2. The summed E-state index contributed by atoms with van der Waals surface area (Å²) in [6.07, 6.45) is 2.11. The van der Waals surface area contributed by atoms with Gasteiger partial charge in [0.15, 0.2) is 0 Å². The van der Waals surface area contributed by atoms with E-state index in [0.717, 1.165) is 28.6 Å². The van der Waals surface area contributed by atoms with Crippen LogP contribution in [0, 0.1) is 13.8 Å². The first-order chi connectivity index (χ1) is 10.5. The monoisotopic (exact) mass is 360 g/mol. The van der Waals surface area contributed by atoms with Crippen LogP contribution in [0.15, 0.2) is 28.7 Å². The summed E-state index contributed by atoms with van der Waals surface area (Å²) in [4.78, 5) is 20.7. The van der Waals surface area contributed by atoms with Crippen molar-refractivity contribution in [2.75, 3.05) is 5.32 Å². The normalized spacial score (nSPS) is 13.8. The van der Waals surface area contributed by atoms with Gasteiger partial charge in [0.1, 0.15) is 17.3 Å². The van der Waals surface area contributed by atoms with Gasteiger partial charge in [0.2, 0.25) is 0 Å². The molecule has 1 saturated carbocycles. The molecule has 1 amide bonds. The fraction of sp³-hybridized carbons (Fsp3) is 0.312. The SMILES string of the molecule is Cc1nc(Nc2ccc(C)c(Br)c2)cc(C(=O)NC2CC2)n1. The fourth-order valence-electron chi connectivity index (χ4n) is 2.05. The number of benzene rings is 1. The van der Waals surface area contributed by atoms with Gasteiger partial charge in [0.25, 0.3) is 5.91 Å². The van der Waals surface area contributed by atoms with E-state index >= 15 is 0 Å². The Labute approximate surface area is 137 Å². The Kier molecular flexibility index (Phi) is 4.11. The number of nitrogens with zero attached hydrogens (tertiary/aromatic N) is 2. The highest BCUT2D eigenvalue weighted by Crippen LogP contribution is 2.23. The lowest BCUT2D eigenvalue weighted by Gasteiger charge is -2.10. The molecule has 0 spiro atoms. The second-order valence-electron chi connectivity index (χ2n) is 5.52. The zero-order valence-electron chi connectivity index (χ0n) is 12.5. The smallest absolute Gasteiger partial charge is 0.270 e. The van der Waals surface area contributed by atoms with Crippen LogP contribution in [0.4, 0.5) is 11.5 Å². The van der Waals surface area contributed by atoms with Crippen molar-refractivity contribution in [3.8, 4) is 0 Å². The van der Waals surface area contributed by atoms with Crippen LogP contribution in [-0.2, 0) is 0 Å². The fourth-order valence-corrected chi connectivity index (χ4v) is 2.43. The van der Waals surface area contributed by atoms with E-state index in [2.05, 4.69) is 36.5 Å². The molecule has 1 aromatic carbocycles. The van der Waals surface area contributed by atoms with Crippen LogP contribution in [0.25, 0.3) is 0 Å². The van der Waals surface area contributed by atoms with Gasteiger partial charge in [-0.15, -0.1) is 0 Å². The molecule has 0 saturated heterocycles. The van der Waals surface area contributed by atoms with E-state index in [1.807, 2.05) is 25.1 Å². The Balaban J connectivity index is 1.81. The molecular weight excluding hydrogens is 344 g/mol. The van der Waals surface area contributed by atoms with Crippen LogP contribution in [0.5, 0.6) is 0 Å². The minimum Gasteiger partial charge on any atom is -0.348 e. The third kappa shape index (κ3) is 3.62. The summed E-state index contributed by atoms with van der Waals surface area (Å²) in [5, 5.41) is 6.16. The number of amides is 1. The molecule has 0 radical (unpaired) electrons. The highest BCUT2D eigenvalue weighted by molar-refractivity contribution is 9.10. The molecule has 1 heterocycles. The molecular formula is C16H17BrN4O. The molecule has 0 bridgehead atoms. The molecule has 2 aromatic rings. The molecule has 2 N–H and O–H groups in total. The first-order valence-corrected chi connectivity index (χ1v) is 8.00. The van der Waals surface area contributed by atoms with Gasteiger partial charge in [0, 0.05) is 22.3 Å². The molecule has 3 rings (SSSR count). The van der Waals surface area contributed by atoms with Crippen molar-refractivity contribution >= 4 is 33.3 Å². The molecule has 0 atom stereocenters. The lowest BCUT2D eigenvalue weighted by atomic mass is 10.2. The van der Waals surface area contributed by atoms with Crippen LogP contribution in [0.1, 0.15) is 34.7 Å². The molecule has 6 heteroatoms. The largest absolute Gasteiger partial charge is 0.348 e. The topological polar surface area (TPSA) is 66.9 Å².